The Balaban J connectivity index is 1.72. The molecule has 1 aliphatic rings. The van der Waals surface area contributed by atoms with E-state index >= 15 is 0 Å². The fourth-order valence-corrected chi connectivity index (χ4v) is 3.14. The van der Waals surface area contributed by atoms with Crippen LogP contribution in [0.4, 0.5) is 14.5 Å². The minimum atomic E-state index is -2.86. The molecule has 0 radical (unpaired) electrons. The van der Waals surface area contributed by atoms with Gasteiger partial charge in [-0.25, -0.2) is 0 Å². The van der Waals surface area contributed by atoms with Crippen molar-refractivity contribution < 1.29 is 18.3 Å². The summed E-state index contributed by atoms with van der Waals surface area (Å²) in [6, 6.07) is 4.95. The molecular weight excluding hydrogens is 322 g/mol. The van der Waals surface area contributed by atoms with Gasteiger partial charge in [-0.2, -0.15) is 8.78 Å². The normalized spacial score (nSPS) is 15.1. The molecule has 3 rings (SSSR count). The monoisotopic (exact) mass is 340 g/mol. The number of alkyl halides is 2. The molecule has 23 heavy (non-hydrogen) atoms. The lowest BCUT2D eigenvalue weighted by Crippen LogP contribution is -2.13. The molecule has 1 heterocycles. The Morgan fingerprint density at radius 3 is 2.78 bits per heavy atom. The van der Waals surface area contributed by atoms with Crippen molar-refractivity contribution in [2.75, 3.05) is 5.32 Å². The van der Waals surface area contributed by atoms with Gasteiger partial charge in [0.1, 0.15) is 0 Å². The van der Waals surface area contributed by atoms with E-state index in [1.165, 1.54) is 6.07 Å². The van der Waals surface area contributed by atoms with Gasteiger partial charge in [0, 0.05) is 22.8 Å². The van der Waals surface area contributed by atoms with Gasteiger partial charge in [0.15, 0.2) is 11.5 Å². The van der Waals surface area contributed by atoms with Crippen LogP contribution in [0.3, 0.4) is 0 Å². The van der Waals surface area contributed by atoms with Gasteiger partial charge in [-0.1, -0.05) is 0 Å². The SMILES string of the molecule is FC(F)Oc1ccc(NCc2cncs2)cc1OC1CCCC1. The van der Waals surface area contributed by atoms with E-state index in [1.54, 1.807) is 35.2 Å². The number of thiazole rings is 1. The molecule has 124 valence electrons. The van der Waals surface area contributed by atoms with Crippen LogP contribution in [-0.4, -0.2) is 17.7 Å². The van der Waals surface area contributed by atoms with Crippen LogP contribution in [0.5, 0.6) is 11.5 Å². The van der Waals surface area contributed by atoms with Gasteiger partial charge < -0.3 is 14.8 Å². The van der Waals surface area contributed by atoms with Gasteiger partial charge in [0.05, 0.1) is 18.2 Å². The number of nitrogens with one attached hydrogen (secondary N) is 1. The van der Waals surface area contributed by atoms with Crippen LogP contribution in [0.1, 0.15) is 30.6 Å². The van der Waals surface area contributed by atoms with Crippen LogP contribution in [0, 0.1) is 0 Å². The summed E-state index contributed by atoms with van der Waals surface area (Å²) in [5.41, 5.74) is 2.57. The van der Waals surface area contributed by atoms with E-state index in [-0.39, 0.29) is 11.9 Å². The second-order valence-electron chi connectivity index (χ2n) is 5.39. The molecule has 0 bridgehead atoms. The number of hydrogen-bond donors (Lipinski definition) is 1. The first-order valence-corrected chi connectivity index (χ1v) is 8.45. The molecule has 4 nitrogen and oxygen atoms in total. The van der Waals surface area contributed by atoms with Crippen LogP contribution in [-0.2, 0) is 6.54 Å². The molecule has 1 aromatic heterocycles. The van der Waals surface area contributed by atoms with Gasteiger partial charge in [-0.15, -0.1) is 11.3 Å². The van der Waals surface area contributed by atoms with Crippen LogP contribution in [0.15, 0.2) is 29.9 Å². The smallest absolute Gasteiger partial charge is 0.387 e. The molecule has 0 unspecified atom stereocenters. The summed E-state index contributed by atoms with van der Waals surface area (Å²) in [4.78, 5) is 5.11. The van der Waals surface area contributed by atoms with Crippen molar-refractivity contribution in [1.29, 1.82) is 0 Å². The average molecular weight is 340 g/mol. The lowest BCUT2D eigenvalue weighted by molar-refractivity contribution is -0.0520. The maximum atomic E-state index is 12.5. The molecule has 1 saturated carbocycles. The van der Waals surface area contributed by atoms with Crippen molar-refractivity contribution in [3.8, 4) is 11.5 Å². The zero-order valence-corrected chi connectivity index (χ0v) is 13.3. The Morgan fingerprint density at radius 2 is 2.09 bits per heavy atom. The molecule has 7 heteroatoms. The van der Waals surface area contributed by atoms with Gasteiger partial charge in [0.25, 0.3) is 0 Å². The fraction of sp³-hybridized carbons (Fsp3) is 0.438. The quantitative estimate of drug-likeness (QED) is 0.795. The van der Waals surface area contributed by atoms with Crippen molar-refractivity contribution in [3.05, 3.63) is 34.8 Å². The molecule has 0 spiro atoms. The van der Waals surface area contributed by atoms with E-state index in [1.807, 2.05) is 0 Å². The van der Waals surface area contributed by atoms with Gasteiger partial charge in [-0.3, -0.25) is 4.98 Å². The van der Waals surface area contributed by atoms with Gasteiger partial charge in [0.2, 0.25) is 0 Å². The number of aromatic nitrogens is 1. The number of nitrogens with zero attached hydrogens (tertiary/aromatic N) is 1. The maximum Gasteiger partial charge on any atom is 0.387 e. The first kappa shape index (κ1) is 16.0. The summed E-state index contributed by atoms with van der Waals surface area (Å²) < 4.78 is 35.5. The first-order chi connectivity index (χ1) is 11.2. The third-order valence-electron chi connectivity index (χ3n) is 3.71. The number of rotatable bonds is 7. The standard InChI is InChI=1S/C16H18F2N2O2S/c17-16(18)22-14-6-5-11(20-9-13-8-19-10-23-13)7-15(14)21-12-3-1-2-4-12/h5-8,10,12,16,20H,1-4,9H2. The molecule has 2 aromatic rings. The van der Waals surface area contributed by atoms with E-state index < -0.39 is 6.61 Å². The van der Waals surface area contributed by atoms with Gasteiger partial charge in [-0.05, 0) is 37.8 Å². The molecule has 0 aliphatic heterocycles. The Kier molecular flexibility index (Phi) is 5.27. The second kappa shape index (κ2) is 7.59. The summed E-state index contributed by atoms with van der Waals surface area (Å²) in [5.74, 6) is 0.446. The summed E-state index contributed by atoms with van der Waals surface area (Å²) in [5, 5.41) is 3.24. The fourth-order valence-electron chi connectivity index (χ4n) is 2.61. The molecule has 1 N–H and O–H groups in total. The van der Waals surface area contributed by atoms with Crippen molar-refractivity contribution in [1.82, 2.24) is 4.98 Å². The van der Waals surface area contributed by atoms with Crippen LogP contribution in [0.2, 0.25) is 0 Å². The number of benzene rings is 1. The lowest BCUT2D eigenvalue weighted by Gasteiger charge is -2.18. The van der Waals surface area contributed by atoms with Crippen molar-refractivity contribution >= 4 is 17.0 Å². The predicted octanol–water partition coefficient (Wildman–Crippen LogP) is 4.68. The Labute approximate surface area is 137 Å². The van der Waals surface area contributed by atoms with Crippen LogP contribution < -0.4 is 14.8 Å². The summed E-state index contributed by atoms with van der Waals surface area (Å²) in [7, 11) is 0. The number of anilines is 1. The molecule has 0 atom stereocenters. The lowest BCUT2D eigenvalue weighted by atomic mass is 10.2. The molecule has 0 saturated heterocycles. The van der Waals surface area contributed by atoms with E-state index in [2.05, 4.69) is 15.0 Å². The van der Waals surface area contributed by atoms with Crippen LogP contribution in [0.25, 0.3) is 0 Å². The first-order valence-electron chi connectivity index (χ1n) is 7.57. The number of ether oxygens (including phenoxy) is 2. The molecular formula is C16H18F2N2O2S. The van der Waals surface area contributed by atoms with E-state index in [0.717, 1.165) is 36.2 Å². The largest absolute Gasteiger partial charge is 0.486 e. The van der Waals surface area contributed by atoms with E-state index in [0.29, 0.717) is 12.3 Å². The van der Waals surface area contributed by atoms with E-state index in [9.17, 15) is 8.78 Å². The molecule has 1 aromatic carbocycles. The van der Waals surface area contributed by atoms with Crippen LogP contribution >= 0.6 is 11.3 Å². The summed E-state index contributed by atoms with van der Waals surface area (Å²) in [6.07, 6.45) is 5.99. The Hall–Kier alpha value is -1.89. The number of halogens is 2. The average Bonchev–Trinajstić information content (AvgIpc) is 3.20. The van der Waals surface area contributed by atoms with Crippen molar-refractivity contribution in [2.24, 2.45) is 0 Å². The highest BCUT2D eigenvalue weighted by molar-refractivity contribution is 7.09. The molecule has 0 amide bonds. The molecule has 1 aliphatic carbocycles. The minimum absolute atomic E-state index is 0.0757. The topological polar surface area (TPSA) is 43.4 Å². The Bertz CT molecular complexity index is 617. The number of hydrogen-bond acceptors (Lipinski definition) is 5. The summed E-state index contributed by atoms with van der Waals surface area (Å²) >= 11 is 1.56. The van der Waals surface area contributed by atoms with Crippen molar-refractivity contribution in [2.45, 2.75) is 44.9 Å². The maximum absolute atomic E-state index is 12.5. The third-order valence-corrected chi connectivity index (χ3v) is 4.49. The highest BCUT2D eigenvalue weighted by Gasteiger charge is 2.20. The second-order valence-corrected chi connectivity index (χ2v) is 6.36. The zero-order valence-electron chi connectivity index (χ0n) is 12.5. The van der Waals surface area contributed by atoms with Crippen molar-refractivity contribution in [3.63, 3.8) is 0 Å². The Morgan fingerprint density at radius 1 is 1.26 bits per heavy atom. The zero-order chi connectivity index (χ0) is 16.1. The predicted molar refractivity (Wildman–Crippen MR) is 85.4 cm³/mol. The molecule has 1 fully saturated rings. The summed E-state index contributed by atoms with van der Waals surface area (Å²) in [6.45, 7) is -2.24. The highest BCUT2D eigenvalue weighted by atomic mass is 32.1. The minimum Gasteiger partial charge on any atom is -0.486 e. The van der Waals surface area contributed by atoms with Gasteiger partial charge >= 0.3 is 6.61 Å². The third kappa shape index (κ3) is 4.54. The van der Waals surface area contributed by atoms with E-state index in [4.69, 9.17) is 4.74 Å². The highest BCUT2D eigenvalue weighted by Crippen LogP contribution is 2.35.